The van der Waals surface area contributed by atoms with Crippen LogP contribution in [0.15, 0.2) is 24.4 Å². The number of ether oxygens (including phenoxy) is 1. The van der Waals surface area contributed by atoms with Gasteiger partial charge in [-0.15, -0.1) is 0 Å². The molecule has 0 radical (unpaired) electrons. The maximum Gasteiger partial charge on any atom is 0.419 e. The fourth-order valence-corrected chi connectivity index (χ4v) is 4.28. The summed E-state index contributed by atoms with van der Waals surface area (Å²) in [5.74, 6) is -1.32. The number of aromatic nitrogens is 1. The van der Waals surface area contributed by atoms with Crippen molar-refractivity contribution in [2.75, 3.05) is 16.8 Å². The molecule has 8 nitrogen and oxygen atoms in total. The number of carbonyl (C=O) groups is 2. The van der Waals surface area contributed by atoms with Gasteiger partial charge in [-0.05, 0) is 48.5 Å². The number of halogens is 4. The third-order valence-corrected chi connectivity index (χ3v) is 5.83. The number of amides is 2. The highest BCUT2D eigenvalue weighted by Crippen LogP contribution is 2.38. The van der Waals surface area contributed by atoms with Crippen LogP contribution >= 0.6 is 12.2 Å². The number of hydrogen-bond donors (Lipinski definition) is 1. The van der Waals surface area contributed by atoms with Crippen LogP contribution in [0.2, 0.25) is 0 Å². The van der Waals surface area contributed by atoms with Crippen molar-refractivity contribution in [2.24, 2.45) is 0 Å². The molecule has 1 atom stereocenters. The van der Waals surface area contributed by atoms with E-state index < -0.39 is 41.3 Å². The molecule has 3 heterocycles. The van der Waals surface area contributed by atoms with Gasteiger partial charge in [0, 0.05) is 13.0 Å². The fraction of sp³-hybridized carbons (Fsp3) is 0.286. The molecule has 0 saturated carbocycles. The Morgan fingerprint density at radius 3 is 2.74 bits per heavy atom. The Balaban J connectivity index is 1.65. The van der Waals surface area contributed by atoms with Crippen molar-refractivity contribution in [2.45, 2.75) is 32.1 Å². The number of carbonyl (C=O) groups excluding carboxylic acids is 2. The SMILES string of the molecule is CCOC(=O)Nc1cc2c(cc1F)CC1C(=O)N(c3cnc(C#N)c(C(F)(F)F)c3)C(=S)N1C2. The van der Waals surface area contributed by atoms with Crippen LogP contribution in [0.5, 0.6) is 0 Å². The standard InChI is InChI=1S/C21H15F4N5O3S/c1-2-33-19(32)28-15-4-11-9-29-17(5-10(11)3-14(15)22)18(31)30(20(29)34)12-6-13(21(23,24)25)16(7-26)27-8-12/h3-4,6,8,17H,2,5,9H2,1H3,(H,28,32). The quantitative estimate of drug-likeness (QED) is 0.514. The minimum absolute atomic E-state index is 0.0514. The number of thiocarbonyl (C=S) groups is 1. The Hall–Kier alpha value is -3.79. The van der Waals surface area contributed by atoms with Crippen LogP contribution in [-0.2, 0) is 28.7 Å². The van der Waals surface area contributed by atoms with Gasteiger partial charge < -0.3 is 9.64 Å². The molecule has 0 bridgehead atoms. The van der Waals surface area contributed by atoms with Gasteiger partial charge in [0.1, 0.15) is 17.9 Å². The second-order valence-electron chi connectivity index (χ2n) is 7.45. The first-order valence-corrected chi connectivity index (χ1v) is 10.3. The summed E-state index contributed by atoms with van der Waals surface area (Å²) in [5, 5.41) is 11.2. The summed E-state index contributed by atoms with van der Waals surface area (Å²) in [7, 11) is 0. The number of pyridine rings is 1. The second-order valence-corrected chi connectivity index (χ2v) is 7.81. The van der Waals surface area contributed by atoms with Crippen molar-refractivity contribution in [3.63, 3.8) is 0 Å². The Kier molecular flexibility index (Phi) is 5.86. The molecular weight excluding hydrogens is 478 g/mol. The summed E-state index contributed by atoms with van der Waals surface area (Å²) < 4.78 is 59.4. The van der Waals surface area contributed by atoms with Gasteiger partial charge in [-0.2, -0.15) is 18.4 Å². The van der Waals surface area contributed by atoms with E-state index in [1.54, 1.807) is 6.92 Å². The van der Waals surface area contributed by atoms with E-state index in [9.17, 15) is 27.2 Å². The van der Waals surface area contributed by atoms with Crippen LogP contribution in [0, 0.1) is 17.1 Å². The molecule has 0 spiro atoms. The fourth-order valence-electron chi connectivity index (χ4n) is 3.89. The van der Waals surface area contributed by atoms with E-state index in [0.717, 1.165) is 11.1 Å². The second kappa shape index (κ2) is 8.53. The molecule has 1 unspecified atom stereocenters. The minimum atomic E-state index is -4.86. The number of rotatable bonds is 3. The largest absolute Gasteiger partial charge is 0.450 e. The lowest BCUT2D eigenvalue weighted by molar-refractivity contribution is -0.138. The van der Waals surface area contributed by atoms with Gasteiger partial charge in [-0.1, -0.05) is 0 Å². The zero-order chi connectivity index (χ0) is 24.8. The van der Waals surface area contributed by atoms with Crippen molar-refractivity contribution >= 4 is 40.7 Å². The van der Waals surface area contributed by atoms with E-state index in [-0.39, 0.29) is 36.1 Å². The molecule has 2 amide bonds. The Morgan fingerprint density at radius 1 is 1.35 bits per heavy atom. The van der Waals surface area contributed by atoms with Crippen molar-refractivity contribution in [3.05, 3.63) is 52.6 Å². The number of fused-ring (bicyclic) bond motifs is 2. The number of nitrogens with one attached hydrogen (secondary N) is 1. The number of alkyl halides is 3. The maximum atomic E-state index is 14.5. The van der Waals surface area contributed by atoms with E-state index in [2.05, 4.69) is 10.3 Å². The third kappa shape index (κ3) is 4.01. The molecule has 1 saturated heterocycles. The van der Waals surface area contributed by atoms with Gasteiger partial charge in [0.05, 0.1) is 29.7 Å². The zero-order valence-corrected chi connectivity index (χ0v) is 18.3. The lowest BCUT2D eigenvalue weighted by Gasteiger charge is -2.30. The molecule has 13 heteroatoms. The van der Waals surface area contributed by atoms with Crippen molar-refractivity contribution < 1.29 is 31.9 Å². The van der Waals surface area contributed by atoms with Crippen molar-refractivity contribution in [1.29, 1.82) is 5.26 Å². The van der Waals surface area contributed by atoms with E-state index in [0.29, 0.717) is 17.2 Å². The summed E-state index contributed by atoms with van der Waals surface area (Å²) >= 11 is 5.38. The van der Waals surface area contributed by atoms with Gasteiger partial charge in [-0.3, -0.25) is 15.0 Å². The van der Waals surface area contributed by atoms with Gasteiger partial charge >= 0.3 is 12.3 Å². The molecular formula is C21H15F4N5O3S. The molecule has 176 valence electrons. The van der Waals surface area contributed by atoms with Crippen LogP contribution in [0.25, 0.3) is 0 Å². The number of nitriles is 1. The molecule has 34 heavy (non-hydrogen) atoms. The molecule has 4 rings (SSSR count). The van der Waals surface area contributed by atoms with E-state index in [1.165, 1.54) is 23.1 Å². The highest BCUT2D eigenvalue weighted by Gasteiger charge is 2.46. The van der Waals surface area contributed by atoms with Crippen LogP contribution in [0.3, 0.4) is 0 Å². The molecule has 2 aliphatic heterocycles. The minimum Gasteiger partial charge on any atom is -0.450 e. The molecule has 2 aromatic rings. The first-order valence-electron chi connectivity index (χ1n) is 9.92. The monoisotopic (exact) mass is 493 g/mol. The average molecular weight is 493 g/mol. The molecule has 1 fully saturated rings. The Morgan fingerprint density at radius 2 is 2.09 bits per heavy atom. The summed E-state index contributed by atoms with van der Waals surface area (Å²) in [6, 6.07) is 3.78. The van der Waals surface area contributed by atoms with Gasteiger partial charge in [-0.25, -0.2) is 14.2 Å². The molecule has 1 aromatic carbocycles. The summed E-state index contributed by atoms with van der Waals surface area (Å²) in [6.45, 7) is 1.76. The maximum absolute atomic E-state index is 14.5. The van der Waals surface area contributed by atoms with Gasteiger partial charge in [0.25, 0.3) is 5.91 Å². The average Bonchev–Trinajstić information content (AvgIpc) is 3.01. The summed E-state index contributed by atoms with van der Waals surface area (Å²) in [5.41, 5.74) is -1.37. The van der Waals surface area contributed by atoms with E-state index >= 15 is 0 Å². The first kappa shape index (κ1) is 23.4. The van der Waals surface area contributed by atoms with Crippen molar-refractivity contribution in [1.82, 2.24) is 9.88 Å². The molecule has 2 aliphatic rings. The van der Waals surface area contributed by atoms with Crippen LogP contribution in [0.1, 0.15) is 29.3 Å². The smallest absolute Gasteiger partial charge is 0.419 e. The van der Waals surface area contributed by atoms with Crippen LogP contribution in [0.4, 0.5) is 33.7 Å². The topological polar surface area (TPSA) is 98.6 Å². The predicted molar refractivity (Wildman–Crippen MR) is 114 cm³/mol. The van der Waals surface area contributed by atoms with Crippen LogP contribution < -0.4 is 10.2 Å². The molecule has 0 aliphatic carbocycles. The van der Waals surface area contributed by atoms with Crippen molar-refractivity contribution in [3.8, 4) is 6.07 Å². The summed E-state index contributed by atoms with van der Waals surface area (Å²) in [6.07, 6.45) is -4.66. The summed E-state index contributed by atoms with van der Waals surface area (Å²) in [4.78, 5) is 30.8. The number of anilines is 2. The van der Waals surface area contributed by atoms with E-state index in [1.807, 2.05) is 0 Å². The molecule has 1 N–H and O–H groups in total. The Bertz CT molecular complexity index is 1260. The highest BCUT2D eigenvalue weighted by molar-refractivity contribution is 7.80. The number of hydrogen-bond acceptors (Lipinski definition) is 6. The van der Waals surface area contributed by atoms with Gasteiger partial charge in [0.2, 0.25) is 0 Å². The normalized spacial score (nSPS) is 17.2. The first-order chi connectivity index (χ1) is 16.0. The number of benzene rings is 1. The van der Waals surface area contributed by atoms with Crippen LogP contribution in [-0.4, -0.2) is 39.6 Å². The lowest BCUT2D eigenvalue weighted by Crippen LogP contribution is -2.40. The van der Waals surface area contributed by atoms with Gasteiger partial charge in [0.15, 0.2) is 10.8 Å². The lowest BCUT2D eigenvalue weighted by atomic mass is 9.94. The zero-order valence-electron chi connectivity index (χ0n) is 17.4. The predicted octanol–water partition coefficient (Wildman–Crippen LogP) is 3.74. The number of nitrogens with zero attached hydrogens (tertiary/aromatic N) is 4. The Labute approximate surface area is 195 Å². The van der Waals surface area contributed by atoms with E-state index in [4.69, 9.17) is 22.2 Å². The highest BCUT2D eigenvalue weighted by atomic mass is 32.1. The molecule has 1 aromatic heterocycles. The third-order valence-electron chi connectivity index (χ3n) is 5.42.